The fourth-order valence-electron chi connectivity index (χ4n) is 3.69. The van der Waals surface area contributed by atoms with Crippen LogP contribution in [0.3, 0.4) is 0 Å². The van der Waals surface area contributed by atoms with Gasteiger partial charge in [-0.3, -0.25) is 9.59 Å². The van der Waals surface area contributed by atoms with Gasteiger partial charge in [-0.15, -0.1) is 0 Å². The molecule has 2 aromatic heterocycles. The molecule has 2 aromatic rings. The number of pyridine rings is 1. The van der Waals surface area contributed by atoms with Gasteiger partial charge in [-0.2, -0.15) is 0 Å². The number of likely N-dealkylation sites (N-methyl/N-ethyl adjacent to an activating group) is 1. The van der Waals surface area contributed by atoms with Crippen molar-refractivity contribution in [1.82, 2.24) is 19.4 Å². The van der Waals surface area contributed by atoms with Gasteiger partial charge in [-0.25, -0.2) is 14.4 Å². The summed E-state index contributed by atoms with van der Waals surface area (Å²) < 4.78 is 16.9. The quantitative estimate of drug-likeness (QED) is 0.770. The summed E-state index contributed by atoms with van der Waals surface area (Å²) in [5.41, 5.74) is 6.35. The Morgan fingerprint density at radius 2 is 2.17 bits per heavy atom. The van der Waals surface area contributed by atoms with Crippen LogP contribution in [0.15, 0.2) is 25.2 Å². The van der Waals surface area contributed by atoms with Crippen LogP contribution in [-0.2, 0) is 11.8 Å². The number of amides is 2. The number of hydrogen-bond acceptors (Lipinski definition) is 5. The molecule has 0 spiro atoms. The van der Waals surface area contributed by atoms with Crippen molar-refractivity contribution in [3.05, 3.63) is 42.1 Å². The lowest BCUT2D eigenvalue weighted by Crippen LogP contribution is -2.48. The Morgan fingerprint density at radius 1 is 1.45 bits per heavy atom. The first-order valence-corrected chi connectivity index (χ1v) is 9.37. The molecule has 0 radical (unpaired) electrons. The highest BCUT2D eigenvalue weighted by Crippen LogP contribution is 2.31. The number of rotatable bonds is 5. The summed E-state index contributed by atoms with van der Waals surface area (Å²) >= 11 is 0. The number of anilines is 1. The molecule has 8 nitrogen and oxygen atoms in total. The lowest BCUT2D eigenvalue weighted by molar-refractivity contribution is -0.127. The lowest BCUT2D eigenvalue weighted by atomic mass is 10.0. The number of hydrogen-bond donors (Lipinski definition) is 1. The maximum atomic E-state index is 15.2. The van der Waals surface area contributed by atoms with E-state index >= 15 is 4.39 Å². The highest BCUT2D eigenvalue weighted by molar-refractivity contribution is 6.00. The molecule has 29 heavy (non-hydrogen) atoms. The molecule has 1 saturated heterocycles. The molecular weight excluding hydrogens is 375 g/mol. The molecule has 0 aromatic carbocycles. The van der Waals surface area contributed by atoms with Crippen molar-refractivity contribution in [3.8, 4) is 11.4 Å². The van der Waals surface area contributed by atoms with E-state index < -0.39 is 11.7 Å². The average Bonchev–Trinajstić information content (AvgIpc) is 3.14. The van der Waals surface area contributed by atoms with E-state index in [4.69, 9.17) is 5.73 Å². The largest absolute Gasteiger partial charge is 0.366 e. The van der Waals surface area contributed by atoms with Crippen molar-refractivity contribution in [2.24, 2.45) is 12.8 Å². The molecule has 154 valence electrons. The Morgan fingerprint density at radius 3 is 2.76 bits per heavy atom. The maximum absolute atomic E-state index is 15.2. The van der Waals surface area contributed by atoms with Crippen LogP contribution in [0, 0.1) is 12.7 Å². The monoisotopic (exact) mass is 400 g/mol. The SMILES string of the molecule is C=CC(=O)N1CCC[C@@H](N(C)c2nc(-c3cn(C)cn3)c(C(N)=O)c(C)c2F)C1. The van der Waals surface area contributed by atoms with E-state index in [-0.39, 0.29) is 34.6 Å². The summed E-state index contributed by atoms with van der Waals surface area (Å²) in [7, 11) is 3.53. The average molecular weight is 400 g/mol. The van der Waals surface area contributed by atoms with E-state index in [0.29, 0.717) is 18.8 Å². The summed E-state index contributed by atoms with van der Waals surface area (Å²) in [6, 6.07) is -0.120. The number of nitrogens with two attached hydrogens (primary N) is 1. The molecule has 3 heterocycles. The van der Waals surface area contributed by atoms with Crippen LogP contribution in [0.2, 0.25) is 0 Å². The van der Waals surface area contributed by atoms with Gasteiger partial charge in [0.25, 0.3) is 5.91 Å². The van der Waals surface area contributed by atoms with E-state index in [0.717, 1.165) is 12.8 Å². The first kappa shape index (κ1) is 20.5. The van der Waals surface area contributed by atoms with Gasteiger partial charge in [0, 0.05) is 45.0 Å². The Bertz CT molecular complexity index is 970. The number of nitrogens with zero attached hydrogens (tertiary/aromatic N) is 5. The highest BCUT2D eigenvalue weighted by Gasteiger charge is 2.30. The molecule has 0 bridgehead atoms. The number of primary amides is 1. The number of imidazole rings is 1. The number of likely N-dealkylation sites (tertiary alicyclic amines) is 1. The van der Waals surface area contributed by atoms with Crippen LogP contribution in [0.4, 0.5) is 10.2 Å². The second-order valence-electron chi connectivity index (χ2n) is 7.28. The molecule has 3 rings (SSSR count). The number of piperidine rings is 1. The van der Waals surface area contributed by atoms with Crippen LogP contribution in [0.25, 0.3) is 11.4 Å². The Labute approximate surface area is 168 Å². The number of halogens is 1. The molecule has 0 unspecified atom stereocenters. The van der Waals surface area contributed by atoms with Gasteiger partial charge in [-0.05, 0) is 25.8 Å². The number of aromatic nitrogens is 3. The van der Waals surface area contributed by atoms with E-state index in [1.54, 1.807) is 41.0 Å². The molecule has 0 aliphatic carbocycles. The van der Waals surface area contributed by atoms with E-state index in [1.807, 2.05) is 0 Å². The van der Waals surface area contributed by atoms with Crippen molar-refractivity contribution >= 4 is 17.6 Å². The summed E-state index contributed by atoms with van der Waals surface area (Å²) in [6.07, 6.45) is 6.13. The normalized spacial score (nSPS) is 16.6. The van der Waals surface area contributed by atoms with Gasteiger partial charge >= 0.3 is 0 Å². The fourth-order valence-corrected chi connectivity index (χ4v) is 3.69. The van der Waals surface area contributed by atoms with Crippen LogP contribution in [-0.4, -0.2) is 57.4 Å². The minimum absolute atomic E-state index is 0.0189. The maximum Gasteiger partial charge on any atom is 0.251 e. The first-order valence-electron chi connectivity index (χ1n) is 9.37. The van der Waals surface area contributed by atoms with Gasteiger partial charge in [0.1, 0.15) is 11.4 Å². The van der Waals surface area contributed by atoms with Gasteiger partial charge in [0.05, 0.1) is 11.9 Å². The summed E-state index contributed by atoms with van der Waals surface area (Å²) in [5.74, 6) is -1.41. The Balaban J connectivity index is 2.05. The Hall–Kier alpha value is -3.23. The zero-order valence-electron chi connectivity index (χ0n) is 16.9. The Kier molecular flexibility index (Phi) is 5.67. The smallest absolute Gasteiger partial charge is 0.251 e. The minimum Gasteiger partial charge on any atom is -0.366 e. The topological polar surface area (TPSA) is 97.3 Å². The highest BCUT2D eigenvalue weighted by atomic mass is 19.1. The van der Waals surface area contributed by atoms with Gasteiger partial charge in [0.15, 0.2) is 11.6 Å². The molecule has 9 heteroatoms. The van der Waals surface area contributed by atoms with Crippen molar-refractivity contribution in [1.29, 1.82) is 0 Å². The summed E-state index contributed by atoms with van der Waals surface area (Å²) in [4.78, 5) is 36.1. The first-order chi connectivity index (χ1) is 13.7. The zero-order valence-corrected chi connectivity index (χ0v) is 16.9. The molecule has 2 amide bonds. The van der Waals surface area contributed by atoms with Crippen molar-refractivity contribution in [2.45, 2.75) is 25.8 Å². The van der Waals surface area contributed by atoms with Crippen molar-refractivity contribution in [3.63, 3.8) is 0 Å². The van der Waals surface area contributed by atoms with Crippen LogP contribution >= 0.6 is 0 Å². The lowest BCUT2D eigenvalue weighted by Gasteiger charge is -2.38. The van der Waals surface area contributed by atoms with Gasteiger partial charge < -0.3 is 20.1 Å². The molecular formula is C20H25FN6O2. The third kappa shape index (κ3) is 3.85. The second kappa shape index (κ2) is 8.02. The third-order valence-corrected chi connectivity index (χ3v) is 5.31. The molecule has 1 atom stereocenters. The minimum atomic E-state index is -0.760. The molecule has 0 saturated carbocycles. The van der Waals surface area contributed by atoms with Crippen LogP contribution in [0.1, 0.15) is 28.8 Å². The van der Waals surface area contributed by atoms with Crippen molar-refractivity contribution in [2.75, 3.05) is 25.0 Å². The van der Waals surface area contributed by atoms with E-state index in [9.17, 15) is 9.59 Å². The van der Waals surface area contributed by atoms with Gasteiger partial charge in [-0.1, -0.05) is 6.58 Å². The van der Waals surface area contributed by atoms with Crippen molar-refractivity contribution < 1.29 is 14.0 Å². The van der Waals surface area contributed by atoms with E-state index in [1.165, 1.54) is 13.0 Å². The molecule has 1 aliphatic rings. The summed E-state index contributed by atoms with van der Waals surface area (Å²) in [6.45, 7) is 6.13. The molecule has 1 fully saturated rings. The number of carbonyl (C=O) groups is 2. The molecule has 1 aliphatic heterocycles. The zero-order chi connectivity index (χ0) is 21.3. The van der Waals surface area contributed by atoms with Gasteiger partial charge in [0.2, 0.25) is 5.91 Å². The van der Waals surface area contributed by atoms with Crippen LogP contribution < -0.4 is 10.6 Å². The number of carbonyl (C=O) groups excluding carboxylic acids is 2. The fraction of sp³-hybridized carbons (Fsp3) is 0.400. The van der Waals surface area contributed by atoms with Crippen LogP contribution in [0.5, 0.6) is 0 Å². The second-order valence-corrected chi connectivity index (χ2v) is 7.28. The summed E-state index contributed by atoms with van der Waals surface area (Å²) in [5, 5.41) is 0. The predicted molar refractivity (Wildman–Crippen MR) is 108 cm³/mol. The standard InChI is InChI=1S/C20H25FN6O2/c1-5-15(28)27-8-6-7-13(9-27)26(4)20-17(21)12(2)16(19(22)29)18(24-20)14-10-25(3)11-23-14/h5,10-11,13H,1,6-9H2,2-4H3,(H2,22,29)/t13-/m1/s1. The molecule has 2 N–H and O–H groups in total. The van der Waals surface area contributed by atoms with E-state index in [2.05, 4.69) is 16.5 Å². The number of aryl methyl sites for hydroxylation is 1. The third-order valence-electron chi connectivity index (χ3n) is 5.31. The predicted octanol–water partition coefficient (Wildman–Crippen LogP) is 1.64.